The lowest BCUT2D eigenvalue weighted by molar-refractivity contribution is -0.126. The molecule has 0 spiro atoms. The Labute approximate surface area is 112 Å². The van der Waals surface area contributed by atoms with E-state index in [0.29, 0.717) is 12.0 Å². The molecule has 3 nitrogen and oxygen atoms in total. The van der Waals surface area contributed by atoms with E-state index in [1.807, 2.05) is 0 Å². The van der Waals surface area contributed by atoms with Gasteiger partial charge in [0.05, 0.1) is 18.1 Å². The summed E-state index contributed by atoms with van der Waals surface area (Å²) < 4.78 is 5.73. The van der Waals surface area contributed by atoms with Crippen LogP contribution < -0.4 is 5.32 Å². The fraction of sp³-hybridized carbons (Fsp3) is 0.643. The number of hydrogen-bond donors (Lipinski definition) is 1. The van der Waals surface area contributed by atoms with Gasteiger partial charge in [0.25, 0.3) is 0 Å². The van der Waals surface area contributed by atoms with Crippen molar-refractivity contribution >= 4 is 17.2 Å². The Hall–Kier alpha value is -0.870. The first-order valence-corrected chi connectivity index (χ1v) is 7.63. The molecule has 4 atom stereocenters. The van der Waals surface area contributed by atoms with Gasteiger partial charge in [-0.1, -0.05) is 6.92 Å². The Balaban J connectivity index is 1.50. The van der Waals surface area contributed by atoms with Crippen LogP contribution in [0.3, 0.4) is 0 Å². The first-order valence-electron chi connectivity index (χ1n) is 6.69. The quantitative estimate of drug-likeness (QED) is 0.908. The average molecular weight is 265 g/mol. The van der Waals surface area contributed by atoms with E-state index in [1.165, 1.54) is 5.56 Å². The molecule has 2 bridgehead atoms. The molecule has 18 heavy (non-hydrogen) atoms. The Morgan fingerprint density at radius 3 is 3.11 bits per heavy atom. The fourth-order valence-corrected chi connectivity index (χ4v) is 3.75. The van der Waals surface area contributed by atoms with E-state index >= 15 is 0 Å². The molecule has 1 N–H and O–H groups in total. The molecule has 3 rings (SSSR count). The Morgan fingerprint density at radius 1 is 1.61 bits per heavy atom. The number of thiophene rings is 1. The fourth-order valence-electron chi connectivity index (χ4n) is 2.97. The third-order valence-corrected chi connectivity index (χ3v) is 4.84. The standard InChI is InChI=1S/C14H19NO2S/c1-9(10-4-5-18-8-10)7-15-14(16)12-6-11-2-3-13(12)17-11/h4-5,8-9,11-13H,2-3,6-7H2,1H3,(H,15,16)/t9-,11+,12+,13+/m0/s1. The lowest BCUT2D eigenvalue weighted by atomic mass is 9.88. The summed E-state index contributed by atoms with van der Waals surface area (Å²) >= 11 is 1.70. The lowest BCUT2D eigenvalue weighted by Crippen LogP contribution is -2.37. The number of amides is 1. The molecular weight excluding hydrogens is 246 g/mol. The molecule has 2 aliphatic heterocycles. The predicted molar refractivity (Wildman–Crippen MR) is 71.7 cm³/mol. The minimum absolute atomic E-state index is 0.0958. The van der Waals surface area contributed by atoms with Gasteiger partial charge >= 0.3 is 0 Å². The van der Waals surface area contributed by atoms with Crippen LogP contribution in [-0.4, -0.2) is 24.7 Å². The second kappa shape index (κ2) is 5.02. The minimum Gasteiger partial charge on any atom is -0.374 e. The van der Waals surface area contributed by atoms with E-state index in [1.54, 1.807) is 11.3 Å². The van der Waals surface area contributed by atoms with Crippen molar-refractivity contribution in [2.75, 3.05) is 6.54 Å². The van der Waals surface area contributed by atoms with E-state index in [2.05, 4.69) is 29.1 Å². The van der Waals surface area contributed by atoms with Gasteiger partial charge in [-0.2, -0.15) is 11.3 Å². The van der Waals surface area contributed by atoms with Crippen molar-refractivity contribution in [2.45, 2.75) is 44.3 Å². The number of hydrogen-bond acceptors (Lipinski definition) is 3. The largest absolute Gasteiger partial charge is 0.374 e. The van der Waals surface area contributed by atoms with Crippen LogP contribution in [0.15, 0.2) is 16.8 Å². The highest BCUT2D eigenvalue weighted by atomic mass is 32.1. The van der Waals surface area contributed by atoms with Crippen molar-refractivity contribution in [2.24, 2.45) is 5.92 Å². The van der Waals surface area contributed by atoms with Crippen LogP contribution in [0, 0.1) is 5.92 Å². The maximum Gasteiger partial charge on any atom is 0.225 e. The molecule has 4 heteroatoms. The summed E-state index contributed by atoms with van der Waals surface area (Å²) in [6.45, 7) is 2.88. The number of rotatable bonds is 4. The molecule has 1 amide bonds. The predicted octanol–water partition coefficient (Wildman–Crippen LogP) is 2.54. The molecule has 1 aromatic heterocycles. The van der Waals surface area contributed by atoms with Gasteiger partial charge in [0, 0.05) is 6.54 Å². The average Bonchev–Trinajstić information content (AvgIpc) is 3.09. The van der Waals surface area contributed by atoms with Crippen LogP contribution in [0.25, 0.3) is 0 Å². The Bertz CT molecular complexity index is 417. The van der Waals surface area contributed by atoms with E-state index in [-0.39, 0.29) is 17.9 Å². The van der Waals surface area contributed by atoms with Crippen LogP contribution >= 0.6 is 11.3 Å². The van der Waals surface area contributed by atoms with Crippen LogP contribution in [-0.2, 0) is 9.53 Å². The van der Waals surface area contributed by atoms with Crippen LogP contribution in [0.5, 0.6) is 0 Å². The van der Waals surface area contributed by atoms with E-state index < -0.39 is 0 Å². The highest BCUT2D eigenvalue weighted by Crippen LogP contribution is 2.38. The molecule has 2 aliphatic rings. The maximum atomic E-state index is 12.1. The zero-order chi connectivity index (χ0) is 12.5. The Kier molecular flexibility index (Phi) is 3.39. The number of carbonyl (C=O) groups is 1. The second-order valence-electron chi connectivity index (χ2n) is 5.42. The van der Waals surface area contributed by atoms with Gasteiger partial charge in [-0.3, -0.25) is 4.79 Å². The van der Waals surface area contributed by atoms with Crippen LogP contribution in [0.1, 0.15) is 37.7 Å². The molecule has 3 heterocycles. The van der Waals surface area contributed by atoms with E-state index in [9.17, 15) is 4.79 Å². The third kappa shape index (κ3) is 2.31. The molecule has 0 aliphatic carbocycles. The maximum absolute atomic E-state index is 12.1. The summed E-state index contributed by atoms with van der Waals surface area (Å²) in [5.74, 6) is 0.669. The number of nitrogens with one attached hydrogen (secondary N) is 1. The summed E-state index contributed by atoms with van der Waals surface area (Å²) in [6, 6.07) is 2.13. The number of carbonyl (C=O) groups excluding carboxylic acids is 1. The van der Waals surface area contributed by atoms with Crippen LogP contribution in [0.4, 0.5) is 0 Å². The normalized spacial score (nSPS) is 31.5. The van der Waals surface area contributed by atoms with Gasteiger partial charge in [-0.05, 0) is 47.6 Å². The molecule has 0 radical (unpaired) electrons. The van der Waals surface area contributed by atoms with E-state index in [0.717, 1.165) is 25.8 Å². The highest BCUT2D eigenvalue weighted by Gasteiger charge is 2.44. The molecule has 0 aromatic carbocycles. The topological polar surface area (TPSA) is 38.3 Å². The van der Waals surface area contributed by atoms with Crippen molar-refractivity contribution in [1.82, 2.24) is 5.32 Å². The summed E-state index contributed by atoms with van der Waals surface area (Å²) in [7, 11) is 0. The molecule has 2 fully saturated rings. The molecule has 2 saturated heterocycles. The minimum atomic E-state index is 0.0958. The Morgan fingerprint density at radius 2 is 2.50 bits per heavy atom. The second-order valence-corrected chi connectivity index (χ2v) is 6.20. The molecule has 0 saturated carbocycles. The zero-order valence-corrected chi connectivity index (χ0v) is 11.4. The number of ether oxygens (including phenoxy) is 1. The first kappa shape index (κ1) is 12.2. The first-order chi connectivity index (χ1) is 8.74. The summed E-state index contributed by atoms with van der Waals surface area (Å²) in [5, 5.41) is 7.31. The smallest absolute Gasteiger partial charge is 0.225 e. The van der Waals surface area contributed by atoms with Crippen molar-refractivity contribution in [3.05, 3.63) is 22.4 Å². The molecule has 0 unspecified atom stereocenters. The van der Waals surface area contributed by atoms with Crippen LogP contribution in [0.2, 0.25) is 0 Å². The van der Waals surface area contributed by atoms with Crippen molar-refractivity contribution in [3.63, 3.8) is 0 Å². The van der Waals surface area contributed by atoms with Crippen molar-refractivity contribution in [3.8, 4) is 0 Å². The monoisotopic (exact) mass is 265 g/mol. The summed E-state index contributed by atoms with van der Waals surface area (Å²) in [6.07, 6.45) is 3.65. The molecular formula is C14H19NO2S. The van der Waals surface area contributed by atoms with Crippen molar-refractivity contribution in [1.29, 1.82) is 0 Å². The van der Waals surface area contributed by atoms with Gasteiger partial charge in [-0.25, -0.2) is 0 Å². The van der Waals surface area contributed by atoms with Gasteiger partial charge in [0.2, 0.25) is 5.91 Å². The lowest BCUT2D eigenvalue weighted by Gasteiger charge is -2.19. The SMILES string of the molecule is C[C@@H](CNC(=O)[C@@H]1C[C@H]2CC[C@H]1O2)c1ccsc1. The molecule has 98 valence electrons. The van der Waals surface area contributed by atoms with Gasteiger partial charge in [-0.15, -0.1) is 0 Å². The van der Waals surface area contributed by atoms with Gasteiger partial charge < -0.3 is 10.1 Å². The summed E-state index contributed by atoms with van der Waals surface area (Å²) in [4.78, 5) is 12.1. The van der Waals surface area contributed by atoms with Gasteiger partial charge in [0.1, 0.15) is 0 Å². The van der Waals surface area contributed by atoms with Crippen molar-refractivity contribution < 1.29 is 9.53 Å². The zero-order valence-electron chi connectivity index (χ0n) is 10.6. The number of fused-ring (bicyclic) bond motifs is 2. The van der Waals surface area contributed by atoms with E-state index in [4.69, 9.17) is 4.74 Å². The molecule has 1 aromatic rings. The van der Waals surface area contributed by atoms with Gasteiger partial charge in [0.15, 0.2) is 0 Å². The summed E-state index contributed by atoms with van der Waals surface area (Å²) in [5.41, 5.74) is 1.31. The third-order valence-electron chi connectivity index (χ3n) is 4.14. The highest BCUT2D eigenvalue weighted by molar-refractivity contribution is 7.07.